The third-order valence-electron chi connectivity index (χ3n) is 4.49. The molecule has 8 heteroatoms. The van der Waals surface area contributed by atoms with Crippen LogP contribution in [0.1, 0.15) is 12.0 Å². The number of benzene rings is 3. The fourth-order valence-corrected chi connectivity index (χ4v) is 2.94. The summed E-state index contributed by atoms with van der Waals surface area (Å²) in [7, 11) is 3.18. The molecule has 0 spiro atoms. The number of carbonyl (C=O) groups is 1. The average Bonchev–Trinajstić information content (AvgIpc) is 2.85. The van der Waals surface area contributed by atoms with Gasteiger partial charge in [-0.1, -0.05) is 36.4 Å². The van der Waals surface area contributed by atoms with Gasteiger partial charge >= 0.3 is 6.03 Å². The highest BCUT2D eigenvalue weighted by molar-refractivity contribution is 5.91. The minimum absolute atomic E-state index is 0.401. The number of nitrogens with one attached hydrogen (secondary N) is 2. The number of amides is 2. The van der Waals surface area contributed by atoms with Crippen molar-refractivity contribution in [3.8, 4) is 23.0 Å². The van der Waals surface area contributed by atoms with E-state index in [1.165, 1.54) is 6.21 Å². The molecule has 0 atom stereocenters. The quantitative estimate of drug-likeness (QED) is 0.251. The molecule has 0 saturated heterocycles. The molecule has 2 amide bonds. The SMILES string of the molecule is COc1ccccc1OCCCOc1c(C=NNC(=O)Nc2ccccc2)cccc1OC. The second-order valence-electron chi connectivity index (χ2n) is 6.77. The molecule has 0 fully saturated rings. The maximum absolute atomic E-state index is 12.0. The monoisotopic (exact) mass is 449 g/mol. The fourth-order valence-electron chi connectivity index (χ4n) is 2.94. The summed E-state index contributed by atoms with van der Waals surface area (Å²) in [6.07, 6.45) is 2.15. The molecule has 8 nitrogen and oxygen atoms in total. The van der Waals surface area contributed by atoms with Gasteiger partial charge in [-0.05, 0) is 36.4 Å². The van der Waals surface area contributed by atoms with Crippen LogP contribution in [-0.4, -0.2) is 39.7 Å². The van der Waals surface area contributed by atoms with Gasteiger partial charge in [-0.2, -0.15) is 5.10 Å². The third-order valence-corrected chi connectivity index (χ3v) is 4.49. The topological polar surface area (TPSA) is 90.4 Å². The number of hydrogen-bond donors (Lipinski definition) is 2. The summed E-state index contributed by atoms with van der Waals surface area (Å²) in [6.45, 7) is 0.860. The molecule has 2 N–H and O–H groups in total. The molecule has 0 aliphatic carbocycles. The van der Waals surface area contributed by atoms with E-state index in [4.69, 9.17) is 18.9 Å². The zero-order chi connectivity index (χ0) is 23.3. The van der Waals surface area contributed by atoms with Crippen LogP contribution in [0, 0.1) is 0 Å². The predicted octanol–water partition coefficient (Wildman–Crippen LogP) is 4.71. The van der Waals surface area contributed by atoms with E-state index in [1.807, 2.05) is 54.6 Å². The third kappa shape index (κ3) is 7.17. The van der Waals surface area contributed by atoms with Crippen molar-refractivity contribution in [3.63, 3.8) is 0 Å². The summed E-state index contributed by atoms with van der Waals surface area (Å²) in [5, 5.41) is 6.71. The van der Waals surface area contributed by atoms with E-state index >= 15 is 0 Å². The number of anilines is 1. The number of methoxy groups -OCH3 is 2. The summed E-state index contributed by atoms with van der Waals surface area (Å²) in [5.74, 6) is 2.47. The lowest BCUT2D eigenvalue weighted by atomic mass is 10.2. The number of hydrogen-bond acceptors (Lipinski definition) is 6. The molecule has 0 bridgehead atoms. The fraction of sp³-hybridized carbons (Fsp3) is 0.200. The molecule has 3 aromatic carbocycles. The van der Waals surface area contributed by atoms with Crippen molar-refractivity contribution in [2.45, 2.75) is 6.42 Å². The number of urea groups is 1. The molecular formula is C25H27N3O5. The van der Waals surface area contributed by atoms with E-state index in [0.717, 1.165) is 0 Å². The summed E-state index contributed by atoms with van der Waals surface area (Å²) in [6, 6.07) is 21.6. The molecule has 33 heavy (non-hydrogen) atoms. The smallest absolute Gasteiger partial charge is 0.339 e. The first kappa shape index (κ1) is 23.5. The Morgan fingerprint density at radius 1 is 0.818 bits per heavy atom. The molecule has 0 heterocycles. The molecule has 0 saturated carbocycles. The van der Waals surface area contributed by atoms with Crippen LogP contribution in [0.25, 0.3) is 0 Å². The van der Waals surface area contributed by atoms with Gasteiger partial charge in [0, 0.05) is 17.7 Å². The van der Waals surface area contributed by atoms with E-state index < -0.39 is 6.03 Å². The van der Waals surface area contributed by atoms with Crippen LogP contribution in [0.5, 0.6) is 23.0 Å². The first-order valence-corrected chi connectivity index (χ1v) is 10.4. The van der Waals surface area contributed by atoms with Crippen molar-refractivity contribution >= 4 is 17.9 Å². The highest BCUT2D eigenvalue weighted by Gasteiger charge is 2.10. The number of hydrazone groups is 1. The van der Waals surface area contributed by atoms with Gasteiger partial charge in [-0.25, -0.2) is 10.2 Å². The highest BCUT2D eigenvalue weighted by Crippen LogP contribution is 2.30. The van der Waals surface area contributed by atoms with Crippen LogP contribution >= 0.6 is 0 Å². The van der Waals surface area contributed by atoms with Crippen LogP contribution in [0.4, 0.5) is 10.5 Å². The van der Waals surface area contributed by atoms with Crippen LogP contribution in [0.15, 0.2) is 77.9 Å². The standard InChI is InChI=1S/C25H27N3O5/c1-30-21-13-6-7-14-22(21)32-16-9-17-33-24-19(10-8-15-23(24)31-2)18-26-28-25(29)27-20-11-4-3-5-12-20/h3-8,10-15,18H,9,16-17H2,1-2H3,(H2,27,28,29). The van der Waals surface area contributed by atoms with Gasteiger partial charge in [0.1, 0.15) is 0 Å². The average molecular weight is 450 g/mol. The van der Waals surface area contributed by atoms with Crippen molar-refractivity contribution in [2.75, 3.05) is 32.8 Å². The van der Waals surface area contributed by atoms with E-state index in [-0.39, 0.29) is 0 Å². The zero-order valence-corrected chi connectivity index (χ0v) is 18.6. The van der Waals surface area contributed by atoms with Crippen molar-refractivity contribution in [3.05, 3.63) is 78.4 Å². The second kappa shape index (κ2) is 12.6. The summed E-state index contributed by atoms with van der Waals surface area (Å²) < 4.78 is 22.4. The molecule has 0 aliphatic heterocycles. The lowest BCUT2D eigenvalue weighted by molar-refractivity contribution is 0.234. The minimum Gasteiger partial charge on any atom is -0.493 e. The van der Waals surface area contributed by atoms with Gasteiger partial charge in [-0.3, -0.25) is 0 Å². The Kier molecular flexibility index (Phi) is 8.96. The predicted molar refractivity (Wildman–Crippen MR) is 128 cm³/mol. The van der Waals surface area contributed by atoms with Crippen molar-refractivity contribution in [2.24, 2.45) is 5.10 Å². The Morgan fingerprint density at radius 2 is 1.48 bits per heavy atom. The zero-order valence-electron chi connectivity index (χ0n) is 18.6. The first-order chi connectivity index (χ1) is 16.2. The van der Waals surface area contributed by atoms with Gasteiger partial charge in [-0.15, -0.1) is 0 Å². The van der Waals surface area contributed by atoms with Crippen LogP contribution < -0.4 is 29.7 Å². The largest absolute Gasteiger partial charge is 0.493 e. The maximum atomic E-state index is 12.0. The van der Waals surface area contributed by atoms with E-state index in [0.29, 0.717) is 53.9 Å². The molecule has 0 aliphatic rings. The van der Waals surface area contributed by atoms with Crippen LogP contribution in [-0.2, 0) is 0 Å². The van der Waals surface area contributed by atoms with E-state index in [1.54, 1.807) is 32.4 Å². The highest BCUT2D eigenvalue weighted by atomic mass is 16.5. The molecule has 3 rings (SSSR count). The Bertz CT molecular complexity index is 1060. The number of ether oxygens (including phenoxy) is 4. The molecule has 172 valence electrons. The van der Waals surface area contributed by atoms with Gasteiger partial charge in [0.25, 0.3) is 0 Å². The molecule has 0 aromatic heterocycles. The molecule has 0 unspecified atom stereocenters. The van der Waals surface area contributed by atoms with Gasteiger partial charge < -0.3 is 24.3 Å². The van der Waals surface area contributed by atoms with E-state index in [9.17, 15) is 4.79 Å². The Labute approximate surface area is 193 Å². The summed E-state index contributed by atoms with van der Waals surface area (Å²) in [4.78, 5) is 12.0. The minimum atomic E-state index is -0.448. The summed E-state index contributed by atoms with van der Waals surface area (Å²) in [5.41, 5.74) is 3.78. The normalized spacial score (nSPS) is 10.5. The number of nitrogens with zero attached hydrogens (tertiary/aromatic N) is 1. The Balaban J connectivity index is 1.53. The van der Waals surface area contributed by atoms with Gasteiger partial charge in [0.2, 0.25) is 0 Å². The Hall–Kier alpha value is -4.20. The van der Waals surface area contributed by atoms with Gasteiger partial charge in [0.15, 0.2) is 23.0 Å². The van der Waals surface area contributed by atoms with Crippen molar-refractivity contribution < 1.29 is 23.7 Å². The van der Waals surface area contributed by atoms with Gasteiger partial charge in [0.05, 0.1) is 33.6 Å². The lowest BCUT2D eigenvalue weighted by Crippen LogP contribution is -2.24. The molecular weight excluding hydrogens is 422 g/mol. The van der Waals surface area contributed by atoms with Crippen molar-refractivity contribution in [1.82, 2.24) is 5.43 Å². The molecule has 3 aromatic rings. The van der Waals surface area contributed by atoms with E-state index in [2.05, 4.69) is 15.8 Å². The molecule has 0 radical (unpaired) electrons. The van der Waals surface area contributed by atoms with Crippen LogP contribution in [0.3, 0.4) is 0 Å². The Morgan fingerprint density at radius 3 is 2.24 bits per heavy atom. The number of rotatable bonds is 11. The van der Waals surface area contributed by atoms with Crippen molar-refractivity contribution in [1.29, 1.82) is 0 Å². The number of para-hydroxylation sites is 4. The maximum Gasteiger partial charge on any atom is 0.339 e. The number of carbonyl (C=O) groups excluding carboxylic acids is 1. The first-order valence-electron chi connectivity index (χ1n) is 10.4. The van der Waals surface area contributed by atoms with Crippen LogP contribution in [0.2, 0.25) is 0 Å². The lowest BCUT2D eigenvalue weighted by Gasteiger charge is -2.14. The second-order valence-corrected chi connectivity index (χ2v) is 6.77. The summed E-state index contributed by atoms with van der Waals surface area (Å²) >= 11 is 0.